The molecule has 1 aromatic heterocycles. The van der Waals surface area contributed by atoms with E-state index in [1.165, 1.54) is 10.1 Å². The summed E-state index contributed by atoms with van der Waals surface area (Å²) in [7, 11) is 0. The second-order valence-electron chi connectivity index (χ2n) is 31.7. The van der Waals surface area contributed by atoms with Crippen LogP contribution in [-0.4, -0.2) is 24.0 Å². The van der Waals surface area contributed by atoms with E-state index in [-0.39, 0.29) is 95.1 Å². The Morgan fingerprint density at radius 3 is 1.80 bits per heavy atom. The molecule has 6 heteroatoms. The molecule has 4 nitrogen and oxygen atoms in total. The molecule has 0 saturated carbocycles. The maximum absolute atomic E-state index is 12.3. The highest BCUT2D eigenvalue weighted by atomic mass is 16.5. The summed E-state index contributed by atoms with van der Waals surface area (Å²) in [5.41, 5.74) is 2.99. The second kappa shape index (κ2) is 23.8. The molecule has 0 fully saturated rings. The van der Waals surface area contributed by atoms with Gasteiger partial charge in [-0.2, -0.15) is 0 Å². The van der Waals surface area contributed by atoms with Crippen molar-refractivity contribution in [3.8, 4) is 61.7 Å². The average molecular weight is 1350 g/mol. The van der Waals surface area contributed by atoms with Crippen LogP contribution in [-0.2, 0) is 10.8 Å². The van der Waals surface area contributed by atoms with E-state index in [0.717, 1.165) is 55.2 Å². The van der Waals surface area contributed by atoms with E-state index in [9.17, 15) is 27.4 Å². The Balaban J connectivity index is 1.11. The number of rotatable bonds is 8. The number of anilines is 5. The number of ether oxygens (including phenoxy) is 1. The number of para-hydroxylation sites is 2. The zero-order valence-electron chi connectivity index (χ0n) is 82.8. The summed E-state index contributed by atoms with van der Waals surface area (Å²) in [5.74, 6) is -1.37. The fourth-order valence-electron chi connectivity index (χ4n) is 17.6. The van der Waals surface area contributed by atoms with Gasteiger partial charge in [-0.1, -0.05) is 274 Å². The number of hydrogen-bond acceptors (Lipinski definition) is 3. The summed E-state index contributed by atoms with van der Waals surface area (Å²) in [5, 5.41) is -0.499. The van der Waals surface area contributed by atoms with Gasteiger partial charge in [0.15, 0.2) is 0 Å². The standard InChI is InChI=1S/C96H89B2N3O/c1-94(2,3)68-53-73(62-35-20-12-21-36-62)90(74(54-68)63-37-22-13-23-38-63)100-81-51-66(60-31-16-10-17-32-60)47-49-77(81)98-87-82(100)57-70(96(7,8)9)58-83(87)101(91-75(64-39-24-14-25-40-64)55-69(95(4,5)6)56-76(91)65-41-26-15-27-42-65)85-59-84-88-93(89(85)98)102-86-52-67(61-33-18-11-19-34-61)48-50-78(86)97(88)79-45-30-44-72-71-43-28-29-46-80(71)99(84)92(72)79/h10-12,14-20,24-34,37,39-53,55-59,62,68,74,90H,13,21-23,35-36,38,54H2,1-9H3/i10D,11D,16D,17D,18D,19D,28D,29D,30D,31D,32D,33D,34D,43D,44D,45D,46D,47D,48D,49D,50D,51D,52D,59D. The summed E-state index contributed by atoms with van der Waals surface area (Å²) >= 11 is 0. The van der Waals surface area contributed by atoms with Crippen molar-refractivity contribution in [1.29, 1.82) is 0 Å². The molecule has 0 bridgehead atoms. The van der Waals surface area contributed by atoms with Crippen LogP contribution in [0.5, 0.6) is 11.5 Å². The van der Waals surface area contributed by atoms with Gasteiger partial charge in [0, 0.05) is 61.8 Å². The van der Waals surface area contributed by atoms with Crippen LogP contribution < -0.4 is 47.3 Å². The lowest BCUT2D eigenvalue weighted by molar-refractivity contribution is 0.220. The second-order valence-corrected chi connectivity index (χ2v) is 31.7. The first-order valence-electron chi connectivity index (χ1n) is 48.0. The molecule has 5 heterocycles. The molecule has 19 rings (SSSR count). The van der Waals surface area contributed by atoms with Gasteiger partial charge in [0.25, 0.3) is 13.4 Å². The topological polar surface area (TPSA) is 20.6 Å². The summed E-state index contributed by atoms with van der Waals surface area (Å²) in [4.78, 5) is 4.22. The molecule has 4 atom stereocenters. The van der Waals surface area contributed by atoms with Gasteiger partial charge >= 0.3 is 0 Å². The number of fused-ring (bicyclic) bond motifs is 12. The van der Waals surface area contributed by atoms with E-state index >= 15 is 0 Å². The van der Waals surface area contributed by atoms with Crippen LogP contribution in [0.3, 0.4) is 0 Å². The Morgan fingerprint density at radius 1 is 0.510 bits per heavy atom. The van der Waals surface area contributed by atoms with Crippen molar-refractivity contribution in [2.24, 2.45) is 23.2 Å². The first kappa shape index (κ1) is 42.4. The zero-order valence-corrected chi connectivity index (χ0v) is 58.8. The Kier molecular flexibility index (Phi) is 9.89. The molecule has 4 unspecified atom stereocenters. The zero-order chi connectivity index (χ0) is 90.0. The SMILES string of the molecule is [2H]c1c([2H])c([2H])c(-c2c([2H])c([2H])c3c(c2[2H])Oc2c4c(c([2H])c5c2B3c2c([2H])c([2H])c([2H])c3c6c([2H])c([2H])c([2H])c([2H])c6n-5c23)N(c2c(-c3ccccc3)cc(C(C)(C)C)cc2-c2ccccc2)c2cc(C(C)(C)C)cc3c2B4c2c([2H])c([2H])c(-c4c([2H])c([2H])c([2H])c([2H])c4[2H])c([2H])c2N3C2C(C3CC=CCC3)=CC(C(C)(C)C)CC2C2=CCCCC2)c([2H])c1[2H]. The molecule has 3 aliphatic carbocycles. The van der Waals surface area contributed by atoms with Gasteiger partial charge in [0.2, 0.25) is 0 Å². The van der Waals surface area contributed by atoms with Gasteiger partial charge in [-0.15, -0.1) is 0 Å². The lowest BCUT2D eigenvalue weighted by atomic mass is 9.30. The highest BCUT2D eigenvalue weighted by Gasteiger charge is 2.54. The van der Waals surface area contributed by atoms with Gasteiger partial charge in [-0.3, -0.25) is 0 Å². The third-order valence-corrected chi connectivity index (χ3v) is 22.7. The molecule has 7 aliphatic rings. The molecule has 12 aromatic rings. The predicted octanol–water partition coefficient (Wildman–Crippen LogP) is 21.6. The van der Waals surface area contributed by atoms with E-state index in [0.29, 0.717) is 57.6 Å². The van der Waals surface area contributed by atoms with Crippen LogP contribution in [0, 0.1) is 23.2 Å². The van der Waals surface area contributed by atoms with Gasteiger partial charge in [0.1, 0.15) is 11.5 Å². The summed E-state index contributed by atoms with van der Waals surface area (Å²) in [6, 6.07) is 10.2. The summed E-state index contributed by atoms with van der Waals surface area (Å²) < 4.78 is 251. The quantitative estimate of drug-likeness (QED) is 0.112. The third-order valence-electron chi connectivity index (χ3n) is 22.7. The molecule has 0 N–H and O–H groups in total. The fourth-order valence-corrected chi connectivity index (χ4v) is 17.6. The Morgan fingerprint density at radius 2 is 1.15 bits per heavy atom. The maximum Gasteiger partial charge on any atom is 0.256 e. The molecule has 500 valence electrons. The van der Waals surface area contributed by atoms with Crippen LogP contribution in [0.15, 0.2) is 265 Å². The minimum Gasteiger partial charge on any atom is -0.459 e. The van der Waals surface area contributed by atoms with E-state index in [2.05, 4.69) is 116 Å². The number of aromatic nitrogens is 1. The molecule has 0 saturated heterocycles. The number of benzene rings is 11. The van der Waals surface area contributed by atoms with Crippen molar-refractivity contribution in [1.82, 2.24) is 4.57 Å². The molecule has 4 aliphatic heterocycles. The summed E-state index contributed by atoms with van der Waals surface area (Å²) in [6.45, 7) is 16.0. The van der Waals surface area contributed by atoms with E-state index in [1.807, 2.05) is 65.6 Å². The van der Waals surface area contributed by atoms with Crippen molar-refractivity contribution in [2.75, 3.05) is 9.80 Å². The number of hydrogen-bond donors (Lipinski definition) is 0. The lowest BCUT2D eigenvalue weighted by Gasteiger charge is -2.53. The molecule has 102 heavy (non-hydrogen) atoms. The monoisotopic (exact) mass is 1350 g/mol. The molecule has 11 aromatic carbocycles. The highest BCUT2D eigenvalue weighted by molar-refractivity contribution is 7.03. The Hall–Kier alpha value is -10.0. The fraction of sp³-hybridized carbons (Fsp3) is 0.250. The normalized spacial score (nSPS) is 22.1. The molecule has 0 amide bonds. The van der Waals surface area contributed by atoms with Gasteiger partial charge < -0.3 is 19.1 Å². The van der Waals surface area contributed by atoms with Crippen molar-refractivity contribution in [2.45, 2.75) is 131 Å². The summed E-state index contributed by atoms with van der Waals surface area (Å²) in [6.07, 6.45) is 15.2. The molecular formula is C96H89B2N3O. The van der Waals surface area contributed by atoms with Crippen molar-refractivity contribution >= 4 is 96.4 Å². The minimum absolute atomic E-state index is 0.0115. The number of nitrogens with zero attached hydrogens (tertiary/aromatic N) is 3. The number of allylic oxidation sites excluding steroid dienone is 4. The third kappa shape index (κ3) is 9.99. The maximum atomic E-state index is 12.3. The van der Waals surface area contributed by atoms with Crippen LogP contribution in [0.25, 0.3) is 72.0 Å². The van der Waals surface area contributed by atoms with Crippen molar-refractivity contribution in [3.05, 3.63) is 277 Å². The van der Waals surface area contributed by atoms with Crippen LogP contribution >= 0.6 is 0 Å². The average Bonchev–Trinajstić information content (AvgIpc) is 1.24. The van der Waals surface area contributed by atoms with Gasteiger partial charge in [-0.05, 0) is 211 Å². The van der Waals surface area contributed by atoms with E-state index < -0.39 is 203 Å². The lowest BCUT2D eigenvalue weighted by Crippen LogP contribution is -2.66. The Labute approximate surface area is 638 Å². The minimum atomic E-state index is -1.79. The van der Waals surface area contributed by atoms with E-state index in [4.69, 9.17) is 10.2 Å². The predicted molar refractivity (Wildman–Crippen MR) is 435 cm³/mol. The highest BCUT2D eigenvalue weighted by Crippen LogP contribution is 2.57. The van der Waals surface area contributed by atoms with Crippen LogP contribution in [0.2, 0.25) is 0 Å². The van der Waals surface area contributed by atoms with Crippen LogP contribution in [0.4, 0.5) is 28.4 Å². The van der Waals surface area contributed by atoms with Gasteiger partial charge in [0.05, 0.1) is 50.1 Å². The largest absolute Gasteiger partial charge is 0.459 e. The van der Waals surface area contributed by atoms with Crippen molar-refractivity contribution in [3.63, 3.8) is 0 Å². The van der Waals surface area contributed by atoms with Crippen molar-refractivity contribution < 1.29 is 37.6 Å². The first-order valence-corrected chi connectivity index (χ1v) is 36.0. The molecular weight excluding hydrogens is 1230 g/mol. The van der Waals surface area contributed by atoms with Crippen LogP contribution in [0.1, 0.15) is 158 Å². The Bertz CT molecular complexity index is 6880. The first-order chi connectivity index (χ1) is 59.5. The smallest absolute Gasteiger partial charge is 0.256 e. The molecule has 0 radical (unpaired) electrons. The van der Waals surface area contributed by atoms with E-state index in [1.54, 1.807) is 0 Å². The molecule has 0 spiro atoms. The van der Waals surface area contributed by atoms with Gasteiger partial charge in [-0.25, -0.2) is 0 Å².